The van der Waals surface area contributed by atoms with Crippen molar-refractivity contribution < 1.29 is 29.3 Å². The van der Waals surface area contributed by atoms with E-state index in [1.807, 2.05) is 10.9 Å². The second kappa shape index (κ2) is 10.4. The predicted molar refractivity (Wildman–Crippen MR) is 84.1 cm³/mol. The van der Waals surface area contributed by atoms with Gasteiger partial charge in [-0.15, -0.1) is 0 Å². The molecular weight excluding hydrogens is 320 g/mol. The van der Waals surface area contributed by atoms with E-state index in [2.05, 4.69) is 0 Å². The van der Waals surface area contributed by atoms with Crippen molar-refractivity contribution >= 4 is 11.8 Å². The number of nitrogens with one attached hydrogen (secondary N) is 2. The van der Waals surface area contributed by atoms with Crippen LogP contribution in [0.5, 0.6) is 11.5 Å². The number of carbonyl (C=O) groups excluding carboxylic acids is 2. The Hall–Kier alpha value is -2.40. The van der Waals surface area contributed by atoms with Crippen molar-refractivity contribution in [2.75, 3.05) is 26.4 Å². The Bertz CT molecular complexity index is 517. The van der Waals surface area contributed by atoms with Gasteiger partial charge in [0.15, 0.2) is 0 Å². The van der Waals surface area contributed by atoms with E-state index in [-0.39, 0.29) is 49.1 Å². The summed E-state index contributed by atoms with van der Waals surface area (Å²) in [5, 5.41) is 17.6. The Morgan fingerprint density at radius 1 is 0.875 bits per heavy atom. The third-order valence-electron chi connectivity index (χ3n) is 2.95. The van der Waals surface area contributed by atoms with Crippen LogP contribution in [0.4, 0.5) is 0 Å². The quantitative estimate of drug-likeness (QED) is 0.128. The third-order valence-corrected chi connectivity index (χ3v) is 2.95. The molecule has 10 heteroatoms. The smallest absolute Gasteiger partial charge is 0.269 e. The van der Waals surface area contributed by atoms with Crippen LogP contribution in [0.2, 0.25) is 0 Å². The number of rotatable bonds is 10. The van der Waals surface area contributed by atoms with Crippen LogP contribution in [0.15, 0.2) is 12.1 Å². The monoisotopic (exact) mass is 342 g/mol. The van der Waals surface area contributed by atoms with Gasteiger partial charge < -0.3 is 19.7 Å². The highest BCUT2D eigenvalue weighted by Crippen LogP contribution is 2.29. The average Bonchev–Trinajstić information content (AvgIpc) is 2.61. The number of carbonyl (C=O) groups is 2. The number of nitrogens with two attached hydrogens (primary N) is 2. The normalized spacial score (nSPS) is 10.2. The molecule has 0 spiro atoms. The maximum Gasteiger partial charge on any atom is 0.269 e. The Kier molecular flexibility index (Phi) is 8.50. The fourth-order valence-electron chi connectivity index (χ4n) is 1.80. The molecule has 0 atom stereocenters. The number of benzene rings is 1. The van der Waals surface area contributed by atoms with Crippen LogP contribution in [-0.4, -0.2) is 48.5 Å². The summed E-state index contributed by atoms with van der Waals surface area (Å²) in [4.78, 5) is 23.8. The van der Waals surface area contributed by atoms with Gasteiger partial charge in [0.2, 0.25) is 0 Å². The molecule has 0 aliphatic carbocycles. The Morgan fingerprint density at radius 3 is 1.54 bits per heavy atom. The van der Waals surface area contributed by atoms with E-state index in [1.54, 1.807) is 0 Å². The molecule has 0 fully saturated rings. The van der Waals surface area contributed by atoms with E-state index >= 15 is 0 Å². The highest BCUT2D eigenvalue weighted by atomic mass is 16.5. The number of aliphatic hydroxyl groups is 2. The standard InChI is InChI=1S/C14H22N4O6/c15-17-13(21)9-8-12(24-6-2-4-20)10(14(22)18-16)7-11(9)23-5-1-3-19/h7-8,19-20H,1-6,15-16H2,(H,17,21)(H,18,22). The summed E-state index contributed by atoms with van der Waals surface area (Å²) in [5.41, 5.74) is 4.08. The molecule has 0 saturated carbocycles. The lowest BCUT2D eigenvalue weighted by Gasteiger charge is -2.16. The first kappa shape index (κ1) is 19.6. The topological polar surface area (TPSA) is 169 Å². The van der Waals surface area contributed by atoms with Crippen LogP contribution in [0, 0.1) is 0 Å². The van der Waals surface area contributed by atoms with Crippen molar-refractivity contribution in [3.8, 4) is 11.5 Å². The molecule has 0 radical (unpaired) electrons. The minimum atomic E-state index is -0.638. The van der Waals surface area contributed by atoms with Crippen LogP contribution in [0.25, 0.3) is 0 Å². The first-order valence-electron chi connectivity index (χ1n) is 7.26. The first-order valence-corrected chi connectivity index (χ1v) is 7.26. The molecular formula is C14H22N4O6. The predicted octanol–water partition coefficient (Wildman–Crippen LogP) is -1.58. The third kappa shape index (κ3) is 5.35. The van der Waals surface area contributed by atoms with E-state index in [0.717, 1.165) is 0 Å². The van der Waals surface area contributed by atoms with Crippen molar-refractivity contribution in [3.63, 3.8) is 0 Å². The SMILES string of the molecule is NNC(=O)c1cc(OCCCO)c(C(=O)NN)cc1OCCCO. The van der Waals surface area contributed by atoms with Crippen LogP contribution in [0.3, 0.4) is 0 Å². The minimum absolute atomic E-state index is 0.0583. The zero-order chi connectivity index (χ0) is 17.9. The van der Waals surface area contributed by atoms with Crippen molar-refractivity contribution in [3.05, 3.63) is 23.3 Å². The summed E-state index contributed by atoms with van der Waals surface area (Å²) in [6, 6.07) is 2.61. The van der Waals surface area contributed by atoms with Gasteiger partial charge in [-0.1, -0.05) is 0 Å². The molecule has 0 bridgehead atoms. The summed E-state index contributed by atoms with van der Waals surface area (Å²) in [6.45, 7) is 0.0966. The molecule has 1 rings (SSSR count). The zero-order valence-corrected chi connectivity index (χ0v) is 13.1. The van der Waals surface area contributed by atoms with Gasteiger partial charge in [-0.3, -0.25) is 20.4 Å². The second-order valence-electron chi connectivity index (χ2n) is 4.64. The van der Waals surface area contributed by atoms with Crippen molar-refractivity contribution in [2.45, 2.75) is 12.8 Å². The number of hydrazine groups is 2. The summed E-state index contributed by atoms with van der Waals surface area (Å²) >= 11 is 0. The number of hydrogen-bond donors (Lipinski definition) is 6. The molecule has 10 nitrogen and oxygen atoms in total. The van der Waals surface area contributed by atoms with Gasteiger partial charge in [0.1, 0.15) is 11.5 Å². The Balaban J connectivity index is 3.24. The highest BCUT2D eigenvalue weighted by Gasteiger charge is 2.21. The maximum atomic E-state index is 11.9. The minimum Gasteiger partial charge on any atom is -0.493 e. The summed E-state index contributed by atoms with van der Waals surface area (Å²) < 4.78 is 10.8. The second-order valence-corrected chi connectivity index (χ2v) is 4.64. The largest absolute Gasteiger partial charge is 0.493 e. The summed E-state index contributed by atoms with van der Waals surface area (Å²) in [6.07, 6.45) is 0.688. The van der Waals surface area contributed by atoms with E-state index in [4.69, 9.17) is 31.4 Å². The number of nitrogen functional groups attached to an aromatic ring is 2. The van der Waals surface area contributed by atoms with E-state index in [9.17, 15) is 9.59 Å². The number of ether oxygens (including phenoxy) is 2. The van der Waals surface area contributed by atoms with Gasteiger partial charge in [0.05, 0.1) is 24.3 Å². The average molecular weight is 342 g/mol. The molecule has 0 aliphatic rings. The Morgan fingerprint density at radius 2 is 1.25 bits per heavy atom. The van der Waals surface area contributed by atoms with E-state index in [1.165, 1.54) is 12.1 Å². The Labute approximate surface area is 138 Å². The van der Waals surface area contributed by atoms with E-state index < -0.39 is 11.8 Å². The molecule has 0 heterocycles. The lowest BCUT2D eigenvalue weighted by molar-refractivity contribution is 0.0933. The van der Waals surface area contributed by atoms with Gasteiger partial charge >= 0.3 is 0 Å². The summed E-state index contributed by atoms with van der Waals surface area (Å²) in [5.74, 6) is 9.23. The number of amides is 2. The molecule has 2 amide bonds. The lowest BCUT2D eigenvalue weighted by atomic mass is 10.1. The highest BCUT2D eigenvalue weighted by molar-refractivity contribution is 6.02. The maximum absolute atomic E-state index is 11.9. The van der Waals surface area contributed by atoms with Crippen molar-refractivity contribution in [1.82, 2.24) is 10.9 Å². The molecule has 0 aliphatic heterocycles. The number of hydrogen-bond acceptors (Lipinski definition) is 8. The molecule has 24 heavy (non-hydrogen) atoms. The van der Waals surface area contributed by atoms with Gasteiger partial charge in [0, 0.05) is 26.1 Å². The molecule has 8 N–H and O–H groups in total. The van der Waals surface area contributed by atoms with Gasteiger partial charge in [-0.2, -0.15) is 0 Å². The first-order chi connectivity index (χ1) is 11.6. The molecule has 134 valence electrons. The van der Waals surface area contributed by atoms with Crippen LogP contribution in [0.1, 0.15) is 33.6 Å². The molecule has 1 aromatic carbocycles. The van der Waals surface area contributed by atoms with Crippen molar-refractivity contribution in [1.29, 1.82) is 0 Å². The van der Waals surface area contributed by atoms with Gasteiger partial charge in [0.25, 0.3) is 11.8 Å². The van der Waals surface area contributed by atoms with Gasteiger partial charge in [-0.05, 0) is 12.1 Å². The molecule has 0 saturated heterocycles. The molecule has 0 unspecified atom stereocenters. The van der Waals surface area contributed by atoms with E-state index in [0.29, 0.717) is 12.8 Å². The van der Waals surface area contributed by atoms with Crippen LogP contribution < -0.4 is 32.0 Å². The fraction of sp³-hybridized carbons (Fsp3) is 0.429. The molecule has 1 aromatic rings. The lowest BCUT2D eigenvalue weighted by Crippen LogP contribution is -2.32. The summed E-state index contributed by atoms with van der Waals surface area (Å²) in [7, 11) is 0. The van der Waals surface area contributed by atoms with Crippen LogP contribution >= 0.6 is 0 Å². The molecule has 0 aromatic heterocycles. The number of aliphatic hydroxyl groups excluding tert-OH is 2. The van der Waals surface area contributed by atoms with Crippen LogP contribution in [-0.2, 0) is 0 Å². The van der Waals surface area contributed by atoms with Gasteiger partial charge in [-0.25, -0.2) is 11.7 Å². The fourth-order valence-corrected chi connectivity index (χ4v) is 1.80. The zero-order valence-electron chi connectivity index (χ0n) is 13.1. The van der Waals surface area contributed by atoms with Crippen molar-refractivity contribution in [2.24, 2.45) is 11.7 Å².